The highest BCUT2D eigenvalue weighted by Gasteiger charge is 2.63. The summed E-state index contributed by atoms with van der Waals surface area (Å²) in [6.07, 6.45) is 2.99. The van der Waals surface area contributed by atoms with Crippen LogP contribution in [0.4, 0.5) is 13.2 Å². The zero-order valence-corrected chi connectivity index (χ0v) is 20.2. The van der Waals surface area contributed by atoms with Gasteiger partial charge in [-0.25, -0.2) is 4.98 Å². The average Bonchev–Trinajstić information content (AvgIpc) is 3.54. The molecule has 9 heteroatoms. The van der Waals surface area contributed by atoms with Crippen LogP contribution < -0.4 is 0 Å². The summed E-state index contributed by atoms with van der Waals surface area (Å²) in [5, 5.41) is 9.55. The molecule has 0 bridgehead atoms. The van der Waals surface area contributed by atoms with Crippen molar-refractivity contribution in [2.75, 3.05) is 19.6 Å². The normalized spacial score (nSPS) is 20.4. The highest BCUT2D eigenvalue weighted by Crippen LogP contribution is 2.58. The van der Waals surface area contributed by atoms with Crippen LogP contribution in [0, 0.1) is 11.3 Å². The Balaban J connectivity index is 1.11. The number of aromatic nitrogens is 4. The predicted molar refractivity (Wildman–Crippen MR) is 129 cm³/mol. The minimum absolute atomic E-state index is 0.0658. The summed E-state index contributed by atoms with van der Waals surface area (Å²) in [7, 11) is 0. The van der Waals surface area contributed by atoms with Crippen molar-refractivity contribution >= 4 is 16.7 Å². The van der Waals surface area contributed by atoms with E-state index in [1.54, 1.807) is 0 Å². The van der Waals surface area contributed by atoms with Gasteiger partial charge in [-0.2, -0.15) is 23.4 Å². The van der Waals surface area contributed by atoms with E-state index >= 15 is 0 Å². The lowest BCUT2D eigenvalue weighted by Gasteiger charge is -2.34. The van der Waals surface area contributed by atoms with Gasteiger partial charge >= 0.3 is 6.18 Å². The van der Waals surface area contributed by atoms with E-state index in [0.29, 0.717) is 31.6 Å². The van der Waals surface area contributed by atoms with Crippen LogP contribution in [0.25, 0.3) is 22.2 Å². The number of piperidine rings is 1. The SMILES string of the molecule is O=C(Cc1cc2cc(-c3cnc4n3CCCC4)ccc2nn1)C1CCN(CC2(C(F)(F)F)CC2)CC1. The van der Waals surface area contributed by atoms with E-state index < -0.39 is 11.6 Å². The van der Waals surface area contributed by atoms with Gasteiger partial charge in [-0.15, -0.1) is 0 Å². The summed E-state index contributed by atoms with van der Waals surface area (Å²) < 4.78 is 42.2. The van der Waals surface area contributed by atoms with Gasteiger partial charge in [0.15, 0.2) is 0 Å². The number of aryl methyl sites for hydroxylation is 1. The topological polar surface area (TPSA) is 63.9 Å². The van der Waals surface area contributed by atoms with Gasteiger partial charge in [0.2, 0.25) is 0 Å². The number of benzene rings is 1. The molecule has 1 aromatic carbocycles. The number of hydrogen-bond donors (Lipinski definition) is 0. The van der Waals surface area contributed by atoms with Crippen LogP contribution in [-0.2, 0) is 24.2 Å². The third kappa shape index (κ3) is 4.42. The van der Waals surface area contributed by atoms with Crippen molar-refractivity contribution in [3.63, 3.8) is 0 Å². The molecule has 1 saturated heterocycles. The largest absolute Gasteiger partial charge is 0.395 e. The number of imidazole rings is 1. The standard InChI is InChI=1S/C27H30F3N5O/c28-27(29,30)26(8-9-26)17-34-11-6-18(7-12-34)24(36)15-21-14-20-13-19(4-5-22(20)33-32-21)23-16-31-25-3-1-2-10-35(23)25/h4-5,13-14,16,18H,1-3,6-12,15,17H2. The molecule has 1 saturated carbocycles. The van der Waals surface area contributed by atoms with E-state index in [1.807, 2.05) is 29.3 Å². The van der Waals surface area contributed by atoms with Crippen molar-refractivity contribution < 1.29 is 18.0 Å². The molecule has 0 amide bonds. The fourth-order valence-corrected chi connectivity index (χ4v) is 5.83. The van der Waals surface area contributed by atoms with Crippen molar-refractivity contribution in [1.82, 2.24) is 24.6 Å². The average molecular weight is 498 g/mol. The van der Waals surface area contributed by atoms with Crippen LogP contribution >= 0.6 is 0 Å². The van der Waals surface area contributed by atoms with Crippen molar-refractivity contribution in [2.45, 2.75) is 64.1 Å². The lowest BCUT2D eigenvalue weighted by Crippen LogP contribution is -2.43. The maximum Gasteiger partial charge on any atom is 0.395 e. The maximum atomic E-state index is 13.3. The predicted octanol–water partition coefficient (Wildman–Crippen LogP) is 5.00. The first-order valence-electron chi connectivity index (χ1n) is 12.9. The minimum atomic E-state index is -4.13. The van der Waals surface area contributed by atoms with Gasteiger partial charge in [-0.3, -0.25) is 4.79 Å². The number of Topliss-reactive ketones (excluding diaryl/α,β-unsaturated/α-hetero) is 1. The summed E-state index contributed by atoms with van der Waals surface area (Å²) >= 11 is 0. The Morgan fingerprint density at radius 2 is 1.86 bits per heavy atom. The van der Waals surface area contributed by atoms with Gasteiger partial charge in [-0.1, -0.05) is 6.07 Å². The molecule has 0 spiro atoms. The van der Waals surface area contributed by atoms with E-state index in [-0.39, 0.29) is 37.5 Å². The van der Waals surface area contributed by atoms with Crippen LogP contribution in [0.1, 0.15) is 50.0 Å². The van der Waals surface area contributed by atoms with Crippen molar-refractivity contribution in [2.24, 2.45) is 11.3 Å². The molecule has 2 fully saturated rings. The van der Waals surface area contributed by atoms with Crippen molar-refractivity contribution in [3.8, 4) is 11.3 Å². The van der Waals surface area contributed by atoms with Gasteiger partial charge in [0.05, 0.1) is 34.9 Å². The molecule has 6 nitrogen and oxygen atoms in total. The number of fused-ring (bicyclic) bond motifs is 2. The molecule has 36 heavy (non-hydrogen) atoms. The maximum absolute atomic E-state index is 13.3. The number of rotatable bonds is 6. The molecule has 3 aliphatic rings. The summed E-state index contributed by atoms with van der Waals surface area (Å²) in [4.78, 5) is 19.5. The first kappa shape index (κ1) is 23.6. The molecule has 0 N–H and O–H groups in total. The number of alkyl halides is 3. The van der Waals surface area contributed by atoms with Gasteiger partial charge in [0.1, 0.15) is 11.6 Å². The zero-order chi connectivity index (χ0) is 24.9. The van der Waals surface area contributed by atoms with Crippen LogP contribution in [0.2, 0.25) is 0 Å². The van der Waals surface area contributed by atoms with E-state index in [9.17, 15) is 18.0 Å². The Morgan fingerprint density at radius 3 is 2.61 bits per heavy atom. The molecule has 190 valence electrons. The molecule has 6 rings (SSSR count). The molecule has 3 aromatic rings. The van der Waals surface area contributed by atoms with Gasteiger partial charge in [0.25, 0.3) is 0 Å². The number of nitrogens with zero attached hydrogens (tertiary/aromatic N) is 5. The lowest BCUT2D eigenvalue weighted by molar-refractivity contribution is -0.192. The Hall–Kier alpha value is -2.81. The number of ketones is 1. The number of hydrogen-bond acceptors (Lipinski definition) is 5. The Labute approximate surface area is 207 Å². The molecule has 0 atom stereocenters. The minimum Gasteiger partial charge on any atom is -0.328 e. The summed E-state index contributed by atoms with van der Waals surface area (Å²) in [5.41, 5.74) is 2.08. The molecule has 1 aliphatic carbocycles. The summed E-state index contributed by atoms with van der Waals surface area (Å²) in [6.45, 7) is 2.12. The molecular weight excluding hydrogens is 467 g/mol. The van der Waals surface area contributed by atoms with Gasteiger partial charge in [-0.05, 0) is 69.8 Å². The molecule has 0 radical (unpaired) electrons. The molecule has 2 aromatic heterocycles. The van der Waals surface area contributed by atoms with Crippen LogP contribution in [0.15, 0.2) is 30.5 Å². The second kappa shape index (κ2) is 8.94. The smallest absolute Gasteiger partial charge is 0.328 e. The summed E-state index contributed by atoms with van der Waals surface area (Å²) in [6, 6.07) is 8.02. The number of carbonyl (C=O) groups is 1. The fourth-order valence-electron chi connectivity index (χ4n) is 5.83. The zero-order valence-electron chi connectivity index (χ0n) is 20.2. The van der Waals surface area contributed by atoms with Gasteiger partial charge < -0.3 is 9.47 Å². The Kier molecular flexibility index (Phi) is 5.85. The second-order valence-electron chi connectivity index (χ2n) is 10.7. The molecule has 0 unspecified atom stereocenters. The monoisotopic (exact) mass is 497 g/mol. The van der Waals surface area contributed by atoms with Crippen LogP contribution in [0.3, 0.4) is 0 Å². The molecular formula is C27H30F3N5O. The molecule has 2 aliphatic heterocycles. The summed E-state index contributed by atoms with van der Waals surface area (Å²) in [5.74, 6) is 1.10. The number of carbonyl (C=O) groups excluding carboxylic acids is 1. The van der Waals surface area contributed by atoms with Crippen molar-refractivity contribution in [3.05, 3.63) is 42.0 Å². The van der Waals surface area contributed by atoms with E-state index in [4.69, 9.17) is 0 Å². The number of halogens is 3. The van der Waals surface area contributed by atoms with Gasteiger partial charge in [0, 0.05) is 36.4 Å². The lowest BCUT2D eigenvalue weighted by atomic mass is 9.89. The third-order valence-electron chi connectivity index (χ3n) is 8.28. The van der Waals surface area contributed by atoms with Crippen LogP contribution in [-0.4, -0.2) is 56.2 Å². The molecule has 4 heterocycles. The Morgan fingerprint density at radius 1 is 1.06 bits per heavy atom. The first-order chi connectivity index (χ1) is 17.3. The Bertz CT molecular complexity index is 1290. The van der Waals surface area contributed by atoms with Crippen molar-refractivity contribution in [1.29, 1.82) is 0 Å². The third-order valence-corrected chi connectivity index (χ3v) is 8.28. The van der Waals surface area contributed by atoms with E-state index in [2.05, 4.69) is 25.8 Å². The highest BCUT2D eigenvalue weighted by atomic mass is 19.4. The quantitative estimate of drug-likeness (QED) is 0.480. The second-order valence-corrected chi connectivity index (χ2v) is 10.7. The highest BCUT2D eigenvalue weighted by molar-refractivity contribution is 5.86. The fraction of sp³-hybridized carbons (Fsp3) is 0.556. The van der Waals surface area contributed by atoms with E-state index in [0.717, 1.165) is 47.4 Å². The van der Waals surface area contributed by atoms with E-state index in [1.165, 1.54) is 6.42 Å². The number of likely N-dealkylation sites (tertiary alicyclic amines) is 1. The first-order valence-corrected chi connectivity index (χ1v) is 12.9. The van der Waals surface area contributed by atoms with Crippen LogP contribution in [0.5, 0.6) is 0 Å².